The number of aryl methyl sites for hydroxylation is 2. The van der Waals surface area contributed by atoms with Crippen LogP contribution in [0.3, 0.4) is 0 Å². The van der Waals surface area contributed by atoms with Crippen LogP contribution in [-0.4, -0.2) is 26.8 Å². The van der Waals surface area contributed by atoms with Crippen LogP contribution < -0.4 is 4.90 Å². The fourth-order valence-corrected chi connectivity index (χ4v) is 4.80. The first kappa shape index (κ1) is 20.9. The van der Waals surface area contributed by atoms with Gasteiger partial charge in [-0.05, 0) is 44.4 Å². The fourth-order valence-electron chi connectivity index (χ4n) is 3.31. The summed E-state index contributed by atoms with van der Waals surface area (Å²) in [5.41, 5.74) is 4.96. The van der Waals surface area contributed by atoms with E-state index in [-0.39, 0.29) is 11.7 Å². The van der Waals surface area contributed by atoms with Gasteiger partial charge in [0.05, 0.1) is 17.1 Å². The molecule has 1 fully saturated rings. The van der Waals surface area contributed by atoms with Crippen molar-refractivity contribution in [1.82, 2.24) is 15.2 Å². The molecule has 0 aliphatic heterocycles. The van der Waals surface area contributed by atoms with Gasteiger partial charge in [-0.1, -0.05) is 53.7 Å². The molecule has 1 aliphatic rings. The number of hydrogen-bond acceptors (Lipinski definition) is 7. The third-order valence-corrected chi connectivity index (χ3v) is 6.84. The quantitative estimate of drug-likeness (QED) is 0.307. The number of rotatable bonds is 7. The molecule has 0 atom stereocenters. The van der Waals surface area contributed by atoms with E-state index in [0.717, 1.165) is 35.3 Å². The van der Waals surface area contributed by atoms with Crippen LogP contribution in [0.4, 0.5) is 10.8 Å². The van der Waals surface area contributed by atoms with Crippen molar-refractivity contribution in [3.63, 3.8) is 0 Å². The standard InChI is InChI=1S/C24H22N4O2S2/c1-15-6-8-17(9-7-15)20-13-31-23(25-20)28(19-5-3-4-16(2)12-19)21(29)14-32-24-27-26-22(30-24)18-10-11-18/h3-9,12-13,18H,10-11,14H2,1-2H3. The van der Waals surface area contributed by atoms with Crippen LogP contribution in [0.5, 0.6) is 0 Å². The van der Waals surface area contributed by atoms with Gasteiger partial charge in [0.1, 0.15) is 0 Å². The predicted octanol–water partition coefficient (Wildman–Crippen LogP) is 6.14. The Morgan fingerprint density at radius 2 is 1.94 bits per heavy atom. The zero-order chi connectivity index (χ0) is 22.1. The van der Waals surface area contributed by atoms with Crippen molar-refractivity contribution in [2.45, 2.75) is 37.8 Å². The number of anilines is 2. The highest BCUT2D eigenvalue weighted by atomic mass is 32.2. The van der Waals surface area contributed by atoms with E-state index in [1.54, 1.807) is 4.90 Å². The third kappa shape index (κ3) is 4.61. The number of thioether (sulfide) groups is 1. The lowest BCUT2D eigenvalue weighted by atomic mass is 10.1. The number of carbonyl (C=O) groups excluding carboxylic acids is 1. The average Bonchev–Trinajstić information content (AvgIpc) is 3.33. The maximum absolute atomic E-state index is 13.4. The van der Waals surface area contributed by atoms with Crippen LogP contribution in [-0.2, 0) is 4.79 Å². The largest absolute Gasteiger partial charge is 0.416 e. The molecule has 2 aromatic heterocycles. The van der Waals surface area contributed by atoms with E-state index < -0.39 is 0 Å². The molecule has 5 rings (SSSR count). The van der Waals surface area contributed by atoms with E-state index in [1.165, 1.54) is 28.7 Å². The fraction of sp³-hybridized carbons (Fsp3) is 0.250. The Morgan fingerprint density at radius 1 is 1.12 bits per heavy atom. The normalized spacial score (nSPS) is 13.3. The van der Waals surface area contributed by atoms with Crippen LogP contribution in [0, 0.1) is 13.8 Å². The molecule has 1 aliphatic carbocycles. The van der Waals surface area contributed by atoms with Gasteiger partial charge in [-0.3, -0.25) is 9.69 Å². The van der Waals surface area contributed by atoms with Gasteiger partial charge in [-0.2, -0.15) is 0 Å². The molecular weight excluding hydrogens is 440 g/mol. The minimum Gasteiger partial charge on any atom is -0.416 e. The van der Waals surface area contributed by atoms with Crippen molar-refractivity contribution in [2.24, 2.45) is 0 Å². The summed E-state index contributed by atoms with van der Waals surface area (Å²) in [6, 6.07) is 16.1. The van der Waals surface area contributed by atoms with Crippen molar-refractivity contribution >= 4 is 39.8 Å². The molecule has 6 nitrogen and oxygen atoms in total. The van der Waals surface area contributed by atoms with Gasteiger partial charge in [0.25, 0.3) is 5.22 Å². The molecule has 4 aromatic rings. The van der Waals surface area contributed by atoms with E-state index in [0.29, 0.717) is 22.2 Å². The number of thiazole rings is 1. The Hall–Kier alpha value is -2.97. The van der Waals surface area contributed by atoms with E-state index in [9.17, 15) is 4.79 Å². The molecule has 2 heterocycles. The third-order valence-electron chi connectivity index (χ3n) is 5.21. The summed E-state index contributed by atoms with van der Waals surface area (Å²) in [5, 5.41) is 11.2. The molecule has 1 amide bonds. The maximum atomic E-state index is 13.4. The molecular formula is C24H22N4O2S2. The lowest BCUT2D eigenvalue weighted by Gasteiger charge is -2.20. The number of amides is 1. The highest BCUT2D eigenvalue weighted by molar-refractivity contribution is 7.99. The Labute approximate surface area is 194 Å². The van der Waals surface area contributed by atoms with Crippen molar-refractivity contribution in [2.75, 3.05) is 10.7 Å². The van der Waals surface area contributed by atoms with Crippen LogP contribution in [0.1, 0.15) is 35.8 Å². The molecule has 0 radical (unpaired) electrons. The highest BCUT2D eigenvalue weighted by Gasteiger charge is 2.30. The second kappa shape index (κ2) is 8.88. The van der Waals surface area contributed by atoms with E-state index in [4.69, 9.17) is 9.40 Å². The molecule has 0 bridgehead atoms. The summed E-state index contributed by atoms with van der Waals surface area (Å²) < 4.78 is 5.70. The molecule has 1 saturated carbocycles. The van der Waals surface area contributed by atoms with Gasteiger partial charge in [-0.25, -0.2) is 4.98 Å². The second-order valence-corrected chi connectivity index (χ2v) is 9.68. The van der Waals surface area contributed by atoms with Crippen LogP contribution in [0.2, 0.25) is 0 Å². The summed E-state index contributed by atoms with van der Waals surface area (Å²) in [4.78, 5) is 19.8. The van der Waals surface area contributed by atoms with E-state index >= 15 is 0 Å². The zero-order valence-electron chi connectivity index (χ0n) is 17.8. The van der Waals surface area contributed by atoms with Crippen LogP contribution in [0.15, 0.2) is 63.6 Å². The molecule has 0 saturated heterocycles. The number of benzene rings is 2. The SMILES string of the molecule is Cc1ccc(-c2csc(N(C(=O)CSc3nnc(C4CC4)o3)c3cccc(C)c3)n2)cc1. The molecule has 2 aromatic carbocycles. The minimum absolute atomic E-state index is 0.0865. The summed E-state index contributed by atoms with van der Waals surface area (Å²) in [7, 11) is 0. The van der Waals surface area contributed by atoms with Gasteiger partial charge >= 0.3 is 0 Å². The molecule has 0 N–H and O–H groups in total. The summed E-state index contributed by atoms with van der Waals surface area (Å²) in [6.07, 6.45) is 2.19. The van der Waals surface area contributed by atoms with Crippen molar-refractivity contribution in [3.8, 4) is 11.3 Å². The first-order valence-electron chi connectivity index (χ1n) is 10.5. The topological polar surface area (TPSA) is 72.1 Å². The number of nitrogens with zero attached hydrogens (tertiary/aromatic N) is 4. The Balaban J connectivity index is 1.40. The smallest absolute Gasteiger partial charge is 0.277 e. The van der Waals surface area contributed by atoms with Crippen molar-refractivity contribution < 1.29 is 9.21 Å². The predicted molar refractivity (Wildman–Crippen MR) is 128 cm³/mol. The average molecular weight is 463 g/mol. The Kier molecular flexibility index (Phi) is 5.80. The molecule has 0 unspecified atom stereocenters. The number of carbonyl (C=O) groups is 1. The van der Waals surface area contributed by atoms with Gasteiger partial charge in [0.15, 0.2) is 5.13 Å². The molecule has 162 valence electrons. The van der Waals surface area contributed by atoms with Crippen LogP contribution in [0.25, 0.3) is 11.3 Å². The van der Waals surface area contributed by atoms with Gasteiger partial charge in [0.2, 0.25) is 11.8 Å². The summed E-state index contributed by atoms with van der Waals surface area (Å²) in [5.74, 6) is 1.17. The van der Waals surface area contributed by atoms with E-state index in [2.05, 4.69) is 41.4 Å². The van der Waals surface area contributed by atoms with Gasteiger partial charge in [-0.15, -0.1) is 21.5 Å². The molecule has 8 heteroatoms. The maximum Gasteiger partial charge on any atom is 0.277 e. The lowest BCUT2D eigenvalue weighted by molar-refractivity contribution is -0.115. The lowest BCUT2D eigenvalue weighted by Crippen LogP contribution is -2.27. The molecule has 0 spiro atoms. The summed E-state index contributed by atoms with van der Waals surface area (Å²) >= 11 is 2.72. The summed E-state index contributed by atoms with van der Waals surface area (Å²) in [6.45, 7) is 4.07. The van der Waals surface area contributed by atoms with Crippen LogP contribution >= 0.6 is 23.1 Å². The van der Waals surface area contributed by atoms with Gasteiger partial charge in [0, 0.05) is 16.9 Å². The highest BCUT2D eigenvalue weighted by Crippen LogP contribution is 2.40. The first-order valence-corrected chi connectivity index (χ1v) is 12.3. The van der Waals surface area contributed by atoms with Gasteiger partial charge < -0.3 is 4.42 Å². The molecule has 32 heavy (non-hydrogen) atoms. The number of aromatic nitrogens is 3. The van der Waals surface area contributed by atoms with Crippen molar-refractivity contribution in [3.05, 3.63) is 70.9 Å². The zero-order valence-corrected chi connectivity index (χ0v) is 19.4. The Morgan fingerprint density at radius 3 is 2.69 bits per heavy atom. The van der Waals surface area contributed by atoms with E-state index in [1.807, 2.05) is 36.6 Å². The number of hydrogen-bond donors (Lipinski definition) is 0. The Bertz CT molecular complexity index is 1240. The first-order chi connectivity index (χ1) is 15.6. The second-order valence-electron chi connectivity index (χ2n) is 7.92. The monoisotopic (exact) mass is 462 g/mol. The minimum atomic E-state index is -0.0865. The van der Waals surface area contributed by atoms with Crippen molar-refractivity contribution in [1.29, 1.82) is 0 Å².